The Balaban J connectivity index is 1.91. The molecule has 3 aromatic rings. The van der Waals surface area contributed by atoms with E-state index in [2.05, 4.69) is 43.8 Å². The van der Waals surface area contributed by atoms with E-state index in [0.29, 0.717) is 5.15 Å². The Hall–Kier alpha value is -1.59. The number of benzene rings is 1. The fourth-order valence-electron chi connectivity index (χ4n) is 2.37. The highest BCUT2D eigenvalue weighted by atomic mass is 79.9. The van der Waals surface area contributed by atoms with Crippen LogP contribution < -0.4 is 5.32 Å². The lowest BCUT2D eigenvalue weighted by atomic mass is 10.3. The summed E-state index contributed by atoms with van der Waals surface area (Å²) >= 11 is 9.29. The first-order valence-corrected chi connectivity index (χ1v) is 7.72. The van der Waals surface area contributed by atoms with E-state index >= 15 is 0 Å². The Kier molecular flexibility index (Phi) is 3.87. The zero-order valence-corrected chi connectivity index (χ0v) is 14.0. The highest BCUT2D eigenvalue weighted by Gasteiger charge is 2.14. The van der Waals surface area contributed by atoms with Crippen molar-refractivity contribution < 1.29 is 0 Å². The minimum atomic E-state index is 0.0530. The van der Waals surface area contributed by atoms with Gasteiger partial charge in [-0.2, -0.15) is 0 Å². The molecule has 6 heteroatoms. The lowest BCUT2D eigenvalue weighted by Crippen LogP contribution is -2.12. The minimum Gasteiger partial charge on any atom is -0.374 e. The summed E-state index contributed by atoms with van der Waals surface area (Å²) in [5.41, 5.74) is 3.02. The highest BCUT2D eigenvalue weighted by Crippen LogP contribution is 2.26. The van der Waals surface area contributed by atoms with E-state index in [0.717, 1.165) is 27.0 Å². The maximum Gasteiger partial charge on any atom is 0.143 e. The van der Waals surface area contributed by atoms with Gasteiger partial charge in [0.05, 0.1) is 33.4 Å². The van der Waals surface area contributed by atoms with Crippen molar-refractivity contribution in [3.63, 3.8) is 0 Å². The molecule has 1 N–H and O–H groups in total. The lowest BCUT2D eigenvalue weighted by Gasteiger charge is -2.15. The van der Waals surface area contributed by atoms with Gasteiger partial charge >= 0.3 is 0 Å². The van der Waals surface area contributed by atoms with Crippen LogP contribution in [0.25, 0.3) is 11.0 Å². The molecule has 21 heavy (non-hydrogen) atoms. The topological polar surface area (TPSA) is 42.7 Å². The van der Waals surface area contributed by atoms with Gasteiger partial charge in [0.15, 0.2) is 0 Å². The Labute approximate surface area is 136 Å². The third-order valence-corrected chi connectivity index (χ3v) is 4.52. The molecule has 0 spiro atoms. The van der Waals surface area contributed by atoms with E-state index in [1.54, 1.807) is 6.20 Å². The van der Waals surface area contributed by atoms with E-state index in [1.807, 2.05) is 31.3 Å². The van der Waals surface area contributed by atoms with E-state index in [1.165, 1.54) is 0 Å². The van der Waals surface area contributed by atoms with Crippen molar-refractivity contribution in [2.75, 3.05) is 5.32 Å². The molecular weight excluding hydrogens is 352 g/mol. The maximum absolute atomic E-state index is 5.91. The van der Waals surface area contributed by atoms with Crippen molar-refractivity contribution in [2.24, 2.45) is 7.05 Å². The molecular formula is C15H14BrClN4. The van der Waals surface area contributed by atoms with Gasteiger partial charge in [0.25, 0.3) is 0 Å². The number of aromatic nitrogens is 3. The summed E-state index contributed by atoms with van der Waals surface area (Å²) in [6.07, 6.45) is 1.71. The van der Waals surface area contributed by atoms with Crippen LogP contribution in [0.3, 0.4) is 0 Å². The average Bonchev–Trinajstić information content (AvgIpc) is 2.81. The molecule has 0 radical (unpaired) electrons. The molecule has 3 rings (SSSR count). The smallest absolute Gasteiger partial charge is 0.143 e. The zero-order chi connectivity index (χ0) is 15.0. The molecule has 108 valence electrons. The van der Waals surface area contributed by atoms with Gasteiger partial charge in [-0.15, -0.1) is 0 Å². The molecule has 0 fully saturated rings. The van der Waals surface area contributed by atoms with Crippen molar-refractivity contribution in [3.8, 4) is 0 Å². The molecule has 0 bridgehead atoms. The molecule has 0 saturated carbocycles. The van der Waals surface area contributed by atoms with E-state index in [4.69, 9.17) is 16.6 Å². The van der Waals surface area contributed by atoms with Gasteiger partial charge in [0.2, 0.25) is 0 Å². The number of imidazole rings is 1. The van der Waals surface area contributed by atoms with Crippen molar-refractivity contribution in [1.29, 1.82) is 0 Å². The fourth-order valence-corrected chi connectivity index (χ4v) is 2.82. The van der Waals surface area contributed by atoms with Gasteiger partial charge in [-0.25, -0.2) is 9.97 Å². The Morgan fingerprint density at radius 1 is 1.33 bits per heavy atom. The molecule has 4 nitrogen and oxygen atoms in total. The van der Waals surface area contributed by atoms with Crippen LogP contribution in [-0.2, 0) is 7.05 Å². The SMILES string of the molecule is CC(Nc1cnc(Cl)c(Br)c1)c1nc2ccccc2n1C. The Morgan fingerprint density at radius 3 is 2.81 bits per heavy atom. The predicted molar refractivity (Wildman–Crippen MR) is 89.7 cm³/mol. The molecule has 1 unspecified atom stereocenters. The van der Waals surface area contributed by atoms with Crippen molar-refractivity contribution in [3.05, 3.63) is 52.0 Å². The fraction of sp³-hybridized carbons (Fsp3) is 0.200. The number of para-hydroxylation sites is 2. The number of hydrogen-bond donors (Lipinski definition) is 1. The van der Waals surface area contributed by atoms with Crippen LogP contribution in [0.2, 0.25) is 5.15 Å². The number of hydrogen-bond acceptors (Lipinski definition) is 3. The van der Waals surface area contributed by atoms with Crippen LogP contribution in [0.1, 0.15) is 18.8 Å². The van der Waals surface area contributed by atoms with Gasteiger partial charge in [-0.05, 0) is 41.1 Å². The van der Waals surface area contributed by atoms with E-state index < -0.39 is 0 Å². The van der Waals surface area contributed by atoms with E-state index in [-0.39, 0.29) is 6.04 Å². The van der Waals surface area contributed by atoms with Crippen molar-refractivity contribution in [1.82, 2.24) is 14.5 Å². The monoisotopic (exact) mass is 364 g/mol. The van der Waals surface area contributed by atoms with Crippen LogP contribution in [0.15, 0.2) is 41.0 Å². The number of nitrogens with one attached hydrogen (secondary N) is 1. The molecule has 1 aromatic carbocycles. The van der Waals surface area contributed by atoms with Gasteiger partial charge in [0, 0.05) is 7.05 Å². The van der Waals surface area contributed by atoms with E-state index in [9.17, 15) is 0 Å². The highest BCUT2D eigenvalue weighted by molar-refractivity contribution is 9.10. The number of halogens is 2. The quantitative estimate of drug-likeness (QED) is 0.692. The van der Waals surface area contributed by atoms with Crippen molar-refractivity contribution in [2.45, 2.75) is 13.0 Å². The summed E-state index contributed by atoms with van der Waals surface area (Å²) in [5.74, 6) is 0.974. The first kappa shape index (κ1) is 14.4. The summed E-state index contributed by atoms with van der Waals surface area (Å²) in [5, 5.41) is 3.85. The molecule has 0 amide bonds. The summed E-state index contributed by atoms with van der Waals surface area (Å²) in [6.45, 7) is 2.07. The first-order chi connectivity index (χ1) is 10.1. The first-order valence-electron chi connectivity index (χ1n) is 6.55. The molecule has 1 atom stereocenters. The summed E-state index contributed by atoms with van der Waals surface area (Å²) in [7, 11) is 2.03. The van der Waals surface area contributed by atoms with Crippen LogP contribution in [0.5, 0.6) is 0 Å². The Morgan fingerprint density at radius 2 is 2.10 bits per heavy atom. The van der Waals surface area contributed by atoms with Crippen LogP contribution in [-0.4, -0.2) is 14.5 Å². The predicted octanol–water partition coefficient (Wildman–Crippen LogP) is 4.56. The molecule has 0 saturated heterocycles. The minimum absolute atomic E-state index is 0.0530. The third-order valence-electron chi connectivity index (χ3n) is 3.39. The van der Waals surface area contributed by atoms with Gasteiger partial charge in [0.1, 0.15) is 11.0 Å². The largest absolute Gasteiger partial charge is 0.374 e. The number of nitrogens with zero attached hydrogens (tertiary/aromatic N) is 3. The number of rotatable bonds is 3. The van der Waals surface area contributed by atoms with Crippen LogP contribution in [0.4, 0.5) is 5.69 Å². The second kappa shape index (κ2) is 5.66. The normalized spacial score (nSPS) is 12.6. The average molecular weight is 366 g/mol. The van der Waals surface area contributed by atoms with Gasteiger partial charge in [-0.1, -0.05) is 23.7 Å². The maximum atomic E-state index is 5.91. The number of pyridine rings is 1. The van der Waals surface area contributed by atoms with Crippen LogP contribution in [0, 0.1) is 0 Å². The second-order valence-electron chi connectivity index (χ2n) is 4.88. The third kappa shape index (κ3) is 2.76. The number of aryl methyl sites for hydroxylation is 1. The van der Waals surface area contributed by atoms with Crippen molar-refractivity contribution >= 4 is 44.3 Å². The summed E-state index contributed by atoms with van der Waals surface area (Å²) < 4.78 is 2.87. The molecule has 0 aliphatic carbocycles. The molecule has 0 aliphatic heterocycles. The second-order valence-corrected chi connectivity index (χ2v) is 6.09. The Bertz CT molecular complexity index is 799. The van der Waals surface area contributed by atoms with Crippen LogP contribution >= 0.6 is 27.5 Å². The van der Waals surface area contributed by atoms with Gasteiger partial charge < -0.3 is 9.88 Å². The number of anilines is 1. The summed E-state index contributed by atoms with van der Waals surface area (Å²) in [6, 6.07) is 10.1. The molecule has 0 aliphatic rings. The summed E-state index contributed by atoms with van der Waals surface area (Å²) in [4.78, 5) is 8.81. The molecule has 2 aromatic heterocycles. The number of fused-ring (bicyclic) bond motifs is 1. The standard InChI is InChI=1S/C15H14BrClN4/c1-9(19-10-7-11(16)14(17)18-8-10)15-20-12-5-3-4-6-13(12)21(15)2/h3-9,19H,1-2H3. The molecule has 2 heterocycles. The zero-order valence-electron chi connectivity index (χ0n) is 11.6. The lowest BCUT2D eigenvalue weighted by molar-refractivity contribution is 0.733. The van der Waals surface area contributed by atoms with Gasteiger partial charge in [-0.3, -0.25) is 0 Å².